The van der Waals surface area contributed by atoms with Gasteiger partial charge in [0.25, 0.3) is 0 Å². The van der Waals surface area contributed by atoms with E-state index in [1.807, 2.05) is 18.2 Å². The number of halogens is 1. The van der Waals surface area contributed by atoms with Crippen LogP contribution < -0.4 is 4.74 Å². The number of ether oxygens (including phenoxy) is 1. The second kappa shape index (κ2) is 5.75. The van der Waals surface area contributed by atoms with E-state index in [2.05, 4.69) is 22.0 Å². The number of carbonyl (C=O) groups is 1. The zero-order valence-electron chi connectivity index (χ0n) is 10.9. The van der Waals surface area contributed by atoms with E-state index in [-0.39, 0.29) is 0 Å². The van der Waals surface area contributed by atoms with E-state index in [0.29, 0.717) is 13.2 Å². The quantitative estimate of drug-likeness (QED) is 0.924. The molecule has 0 aliphatic carbocycles. The fraction of sp³-hybridized carbons (Fsp3) is 0.357. The predicted octanol–water partition coefficient (Wildman–Crippen LogP) is 2.63. The lowest BCUT2D eigenvalue weighted by molar-refractivity contribution is -0.141. The maximum Gasteiger partial charge on any atom is 0.320 e. The highest BCUT2D eigenvalue weighted by Crippen LogP contribution is 2.29. The summed E-state index contributed by atoms with van der Waals surface area (Å²) in [4.78, 5) is 12.7. The molecule has 0 radical (unpaired) electrons. The molecule has 1 unspecified atom stereocenters. The molecule has 0 saturated heterocycles. The molecule has 0 aromatic heterocycles. The smallest absolute Gasteiger partial charge is 0.320 e. The van der Waals surface area contributed by atoms with Crippen molar-refractivity contribution in [2.45, 2.75) is 13.0 Å². The Bertz CT molecular complexity index is 527. The third-order valence-corrected chi connectivity index (χ3v) is 3.71. The van der Waals surface area contributed by atoms with Crippen molar-refractivity contribution in [3.8, 4) is 5.75 Å². The molecule has 0 spiro atoms. The Hall–Kier alpha value is -1.33. The van der Waals surface area contributed by atoms with Crippen LogP contribution in [0.3, 0.4) is 0 Å². The van der Waals surface area contributed by atoms with Crippen LogP contribution in [0, 0.1) is 0 Å². The Balaban J connectivity index is 2.13. The number of fused-ring (bicyclic) bond motifs is 1. The zero-order chi connectivity index (χ0) is 14.0. The standard InChI is InChI=1S/C14H16BrNO3/c1-9(14(17)18)16(2)7-10-5-11-6-12(15)3-4-13(11)19-8-10/h3-6,9H,7-8H2,1-2H3,(H,17,18). The summed E-state index contributed by atoms with van der Waals surface area (Å²) in [5.74, 6) is 0.0452. The highest BCUT2D eigenvalue weighted by molar-refractivity contribution is 9.10. The molecule has 0 saturated carbocycles. The summed E-state index contributed by atoms with van der Waals surface area (Å²) in [6.07, 6.45) is 2.06. The number of nitrogens with zero attached hydrogens (tertiary/aromatic N) is 1. The second-order valence-electron chi connectivity index (χ2n) is 4.70. The molecule has 5 heteroatoms. The van der Waals surface area contributed by atoms with Crippen molar-refractivity contribution >= 4 is 28.0 Å². The van der Waals surface area contributed by atoms with Gasteiger partial charge in [0.2, 0.25) is 0 Å². The van der Waals surface area contributed by atoms with Gasteiger partial charge in [0.05, 0.1) is 0 Å². The summed E-state index contributed by atoms with van der Waals surface area (Å²) in [7, 11) is 1.80. The summed E-state index contributed by atoms with van der Waals surface area (Å²) in [6.45, 7) is 2.77. The number of rotatable bonds is 4. The Morgan fingerprint density at radius 1 is 1.58 bits per heavy atom. The van der Waals surface area contributed by atoms with Crippen LogP contribution >= 0.6 is 15.9 Å². The number of aliphatic carboxylic acids is 1. The van der Waals surface area contributed by atoms with Crippen molar-refractivity contribution in [3.63, 3.8) is 0 Å². The van der Waals surface area contributed by atoms with E-state index >= 15 is 0 Å². The van der Waals surface area contributed by atoms with Gasteiger partial charge >= 0.3 is 5.97 Å². The van der Waals surface area contributed by atoms with Gasteiger partial charge in [-0.3, -0.25) is 9.69 Å². The number of hydrogen-bond acceptors (Lipinski definition) is 3. The van der Waals surface area contributed by atoms with Crippen LogP contribution in [0.1, 0.15) is 12.5 Å². The first-order chi connectivity index (χ1) is 8.97. The van der Waals surface area contributed by atoms with Gasteiger partial charge in [-0.1, -0.05) is 15.9 Å². The van der Waals surface area contributed by atoms with Crippen LogP contribution in [0.2, 0.25) is 0 Å². The number of benzene rings is 1. The monoisotopic (exact) mass is 325 g/mol. The molecule has 1 atom stereocenters. The van der Waals surface area contributed by atoms with Crippen molar-refractivity contribution in [2.75, 3.05) is 20.2 Å². The topological polar surface area (TPSA) is 49.8 Å². The van der Waals surface area contributed by atoms with E-state index in [1.54, 1.807) is 18.9 Å². The Morgan fingerprint density at radius 3 is 3.00 bits per heavy atom. The molecule has 0 fully saturated rings. The molecular formula is C14H16BrNO3. The third kappa shape index (κ3) is 3.36. The zero-order valence-corrected chi connectivity index (χ0v) is 12.5. The van der Waals surface area contributed by atoms with Gasteiger partial charge < -0.3 is 9.84 Å². The number of likely N-dealkylation sites (N-methyl/N-ethyl adjacent to an activating group) is 1. The average molecular weight is 326 g/mol. The first kappa shape index (κ1) is 14.1. The third-order valence-electron chi connectivity index (χ3n) is 3.22. The fourth-order valence-corrected chi connectivity index (χ4v) is 2.31. The average Bonchev–Trinajstić information content (AvgIpc) is 2.37. The van der Waals surface area contributed by atoms with Gasteiger partial charge in [-0.25, -0.2) is 0 Å². The van der Waals surface area contributed by atoms with E-state index in [1.165, 1.54) is 0 Å². The van der Waals surface area contributed by atoms with Crippen LogP contribution in [-0.4, -0.2) is 42.2 Å². The maximum absolute atomic E-state index is 10.9. The van der Waals surface area contributed by atoms with Crippen LogP contribution in [0.5, 0.6) is 5.75 Å². The van der Waals surface area contributed by atoms with E-state index in [0.717, 1.165) is 21.4 Å². The Kier molecular flexibility index (Phi) is 4.27. The van der Waals surface area contributed by atoms with Crippen molar-refractivity contribution in [1.82, 2.24) is 4.90 Å². The fourth-order valence-electron chi connectivity index (χ4n) is 1.93. The molecule has 102 valence electrons. The summed E-state index contributed by atoms with van der Waals surface area (Å²) in [6, 6.07) is 5.35. The van der Waals surface area contributed by atoms with E-state index < -0.39 is 12.0 Å². The molecule has 2 rings (SSSR count). The summed E-state index contributed by atoms with van der Waals surface area (Å²) in [5.41, 5.74) is 2.09. The molecule has 1 heterocycles. The van der Waals surface area contributed by atoms with E-state index in [4.69, 9.17) is 9.84 Å². The molecule has 0 bridgehead atoms. The van der Waals surface area contributed by atoms with Gasteiger partial charge in [-0.2, -0.15) is 0 Å². The molecular weight excluding hydrogens is 310 g/mol. The van der Waals surface area contributed by atoms with Crippen molar-refractivity contribution in [1.29, 1.82) is 0 Å². The van der Waals surface area contributed by atoms with Gasteiger partial charge in [0.15, 0.2) is 0 Å². The van der Waals surface area contributed by atoms with Crippen LogP contribution in [0.15, 0.2) is 28.2 Å². The summed E-state index contributed by atoms with van der Waals surface area (Å²) < 4.78 is 6.67. The number of carboxylic acids is 1. The van der Waals surface area contributed by atoms with Gasteiger partial charge in [0, 0.05) is 16.6 Å². The molecule has 1 aliphatic rings. The lowest BCUT2D eigenvalue weighted by Gasteiger charge is -2.25. The molecule has 0 amide bonds. The van der Waals surface area contributed by atoms with Crippen molar-refractivity contribution in [2.24, 2.45) is 0 Å². The highest BCUT2D eigenvalue weighted by Gasteiger charge is 2.19. The van der Waals surface area contributed by atoms with E-state index in [9.17, 15) is 4.79 Å². The first-order valence-corrected chi connectivity index (χ1v) is 6.81. The minimum absolute atomic E-state index is 0.505. The normalized spacial score (nSPS) is 15.5. The Morgan fingerprint density at radius 2 is 2.32 bits per heavy atom. The van der Waals surface area contributed by atoms with Gasteiger partial charge in [-0.05, 0) is 43.8 Å². The predicted molar refractivity (Wildman–Crippen MR) is 77.3 cm³/mol. The molecule has 1 aromatic carbocycles. The largest absolute Gasteiger partial charge is 0.489 e. The Labute approximate surface area is 120 Å². The molecule has 4 nitrogen and oxygen atoms in total. The van der Waals surface area contributed by atoms with Crippen LogP contribution in [0.4, 0.5) is 0 Å². The SMILES string of the molecule is CC(C(=O)O)N(C)CC1=Cc2cc(Br)ccc2OC1. The molecule has 1 aromatic rings. The van der Waals surface area contributed by atoms with Crippen LogP contribution in [-0.2, 0) is 4.79 Å². The minimum atomic E-state index is -0.817. The number of hydrogen-bond donors (Lipinski definition) is 1. The van der Waals surface area contributed by atoms with Gasteiger partial charge in [0.1, 0.15) is 18.4 Å². The molecule has 1 aliphatic heterocycles. The second-order valence-corrected chi connectivity index (χ2v) is 5.62. The summed E-state index contributed by atoms with van der Waals surface area (Å²) >= 11 is 3.43. The molecule has 1 N–H and O–H groups in total. The summed E-state index contributed by atoms with van der Waals surface area (Å²) in [5, 5.41) is 8.98. The number of carboxylic acid groups (broad SMARTS) is 1. The van der Waals surface area contributed by atoms with Crippen molar-refractivity contribution < 1.29 is 14.6 Å². The lowest BCUT2D eigenvalue weighted by atomic mass is 10.1. The first-order valence-electron chi connectivity index (χ1n) is 6.02. The van der Waals surface area contributed by atoms with Crippen molar-refractivity contribution in [3.05, 3.63) is 33.8 Å². The van der Waals surface area contributed by atoms with Crippen LogP contribution in [0.25, 0.3) is 6.08 Å². The van der Waals surface area contributed by atoms with Gasteiger partial charge in [-0.15, -0.1) is 0 Å². The minimum Gasteiger partial charge on any atom is -0.489 e. The highest BCUT2D eigenvalue weighted by atomic mass is 79.9. The lowest BCUT2D eigenvalue weighted by Crippen LogP contribution is -2.37. The maximum atomic E-state index is 10.9. The molecule has 19 heavy (non-hydrogen) atoms.